The van der Waals surface area contributed by atoms with E-state index < -0.39 is 8.32 Å². The van der Waals surface area contributed by atoms with Crippen LogP contribution in [0.1, 0.15) is 0 Å². The molecule has 0 spiro atoms. The molecule has 0 amide bonds. The molecule has 0 saturated heterocycles. The average Bonchev–Trinajstić information content (AvgIpc) is 0.722. The summed E-state index contributed by atoms with van der Waals surface area (Å²) in [6, 6.07) is 0. The zero-order chi connectivity index (χ0) is 4.50. The third-order valence-electron chi connectivity index (χ3n) is 0. The Balaban J connectivity index is -0.0000000133. The minimum Gasteiger partial charge on any atom is -0.433 e. The van der Waals surface area contributed by atoms with Gasteiger partial charge in [0.25, 0.3) is 0 Å². The van der Waals surface area contributed by atoms with Crippen LogP contribution in [0.3, 0.4) is 0 Å². The Bertz CT molecular complexity index is 34.5. The summed E-state index contributed by atoms with van der Waals surface area (Å²) in [5, 5.41) is 0. The van der Waals surface area contributed by atoms with Crippen LogP contribution in [0.4, 0.5) is 0 Å². The zero-order valence-electron chi connectivity index (χ0n) is 5.67. The molecule has 1 nitrogen and oxygen atoms in total. The molecule has 0 rings (SSSR count). The average molecular weight is 247 g/mol. The molecule has 0 fully saturated rings. The molecule has 0 atom stereocenters. The molecule has 6 heteroatoms. The molecule has 0 aliphatic rings. The molecule has 0 saturated carbocycles. The Labute approximate surface area is 91.2 Å². The number of hydrogen-bond donors (Lipinski definition) is 1. The molecule has 0 aromatic rings. The van der Waals surface area contributed by atoms with E-state index >= 15 is 0 Å². The van der Waals surface area contributed by atoms with Crippen molar-refractivity contribution in [2.45, 2.75) is 19.6 Å². The second kappa shape index (κ2) is 12.4. The monoisotopic (exact) mass is 246 g/mol. The van der Waals surface area contributed by atoms with Gasteiger partial charge in [-0.25, -0.2) is 0 Å². The molecular weight excluding hydrogens is 234 g/mol. The Morgan fingerprint density at radius 2 is 0.889 bits per heavy atom. The second-order valence-electron chi connectivity index (χ2n) is 2.17. The van der Waals surface area contributed by atoms with Crippen molar-refractivity contribution in [3.05, 3.63) is 0 Å². The van der Waals surface area contributed by atoms with E-state index in [1.165, 1.54) is 0 Å². The fourth-order valence-corrected chi connectivity index (χ4v) is 0. The zero-order valence-corrected chi connectivity index (χ0v) is 10.7. The largest absolute Gasteiger partial charge is 0.433 e. The van der Waals surface area contributed by atoms with Crippen LogP contribution in [0.25, 0.3) is 0 Å². The van der Waals surface area contributed by atoms with Crippen molar-refractivity contribution in [2.75, 3.05) is 0 Å². The molecular formula is C3H13Cl3OSiTi. The Morgan fingerprint density at radius 3 is 0.889 bits per heavy atom. The van der Waals surface area contributed by atoms with Gasteiger partial charge < -0.3 is 4.80 Å². The van der Waals surface area contributed by atoms with Gasteiger partial charge in [0.15, 0.2) is 8.32 Å². The van der Waals surface area contributed by atoms with Crippen molar-refractivity contribution < 1.29 is 26.5 Å². The van der Waals surface area contributed by atoms with E-state index in [1.54, 1.807) is 0 Å². The first-order valence-corrected chi connectivity index (χ1v) is 5.17. The quantitative estimate of drug-likeness (QED) is 0.650. The molecule has 9 heavy (non-hydrogen) atoms. The van der Waals surface area contributed by atoms with Crippen LogP contribution >= 0.6 is 37.2 Å². The molecule has 0 unspecified atom stereocenters. The standard InChI is InChI=1S/C3H10OSi.3ClH.Ti/c1-5(2,3)4;;;;/h4H,1-3H3;3*1H;. The summed E-state index contributed by atoms with van der Waals surface area (Å²) in [7, 11) is -1.61. The van der Waals surface area contributed by atoms with Crippen molar-refractivity contribution in [1.29, 1.82) is 0 Å². The minimum atomic E-state index is -1.61. The molecule has 60 valence electrons. The molecule has 0 aliphatic heterocycles. The van der Waals surface area contributed by atoms with E-state index in [0.717, 1.165) is 0 Å². The summed E-state index contributed by atoms with van der Waals surface area (Å²) >= 11 is 0. The van der Waals surface area contributed by atoms with E-state index in [0.29, 0.717) is 0 Å². The van der Waals surface area contributed by atoms with Crippen LogP contribution in [0.15, 0.2) is 0 Å². The summed E-state index contributed by atoms with van der Waals surface area (Å²) in [5.41, 5.74) is 0. The summed E-state index contributed by atoms with van der Waals surface area (Å²) in [4.78, 5) is 8.66. The van der Waals surface area contributed by atoms with Crippen LogP contribution in [0, 0.1) is 0 Å². The fraction of sp³-hybridized carbons (Fsp3) is 1.00. The van der Waals surface area contributed by atoms with Gasteiger partial charge >= 0.3 is 0 Å². The number of hydrogen-bond acceptors (Lipinski definition) is 1. The Morgan fingerprint density at radius 1 is 0.889 bits per heavy atom. The van der Waals surface area contributed by atoms with Crippen molar-refractivity contribution in [2.24, 2.45) is 0 Å². The third kappa shape index (κ3) is 190. The van der Waals surface area contributed by atoms with Gasteiger partial charge in [0, 0.05) is 21.7 Å². The van der Waals surface area contributed by atoms with Crippen LogP contribution < -0.4 is 0 Å². The molecule has 0 bridgehead atoms. The maximum atomic E-state index is 8.66. The molecule has 0 aromatic heterocycles. The van der Waals surface area contributed by atoms with Gasteiger partial charge in [0.05, 0.1) is 0 Å². The van der Waals surface area contributed by atoms with Gasteiger partial charge in [-0.2, -0.15) is 0 Å². The number of rotatable bonds is 0. The smallest absolute Gasteiger partial charge is 0.179 e. The molecule has 0 aromatic carbocycles. The second-order valence-corrected chi connectivity index (χ2v) is 6.51. The first kappa shape index (κ1) is 30.9. The molecule has 0 aliphatic carbocycles. The Kier molecular flexibility index (Phi) is 42.7. The summed E-state index contributed by atoms with van der Waals surface area (Å²) in [6.07, 6.45) is 0. The van der Waals surface area contributed by atoms with Gasteiger partial charge in [-0.05, 0) is 19.6 Å². The maximum absolute atomic E-state index is 8.66. The van der Waals surface area contributed by atoms with Gasteiger partial charge in [0.2, 0.25) is 0 Å². The van der Waals surface area contributed by atoms with E-state index in [-0.39, 0.29) is 58.9 Å². The maximum Gasteiger partial charge on any atom is 0.179 e. The van der Waals surface area contributed by atoms with Crippen molar-refractivity contribution in [1.82, 2.24) is 0 Å². The SMILES string of the molecule is C[Si](C)(C)O.Cl.Cl.Cl.[Ti]. The van der Waals surface area contributed by atoms with Crippen molar-refractivity contribution in [3.63, 3.8) is 0 Å². The normalized spacial score (nSPS) is 6.67. The molecule has 0 radical (unpaired) electrons. The van der Waals surface area contributed by atoms with Gasteiger partial charge in [-0.3, -0.25) is 0 Å². The summed E-state index contributed by atoms with van der Waals surface area (Å²) in [5.74, 6) is 0. The van der Waals surface area contributed by atoms with E-state index in [2.05, 4.69) is 0 Å². The van der Waals surface area contributed by atoms with Gasteiger partial charge in [0.1, 0.15) is 0 Å². The van der Waals surface area contributed by atoms with Crippen molar-refractivity contribution in [3.8, 4) is 0 Å². The van der Waals surface area contributed by atoms with Gasteiger partial charge in [-0.1, -0.05) is 0 Å². The predicted molar refractivity (Wildman–Crippen MR) is 47.3 cm³/mol. The predicted octanol–water partition coefficient (Wildman–Crippen LogP) is 2.08. The van der Waals surface area contributed by atoms with E-state index in [4.69, 9.17) is 4.80 Å². The molecule has 0 heterocycles. The third-order valence-corrected chi connectivity index (χ3v) is 0. The van der Waals surface area contributed by atoms with Crippen molar-refractivity contribution >= 4 is 45.5 Å². The number of halogens is 3. The van der Waals surface area contributed by atoms with Crippen LogP contribution in [0.5, 0.6) is 0 Å². The van der Waals surface area contributed by atoms with Gasteiger partial charge in [-0.15, -0.1) is 37.2 Å². The minimum absolute atomic E-state index is 0. The Hall–Kier alpha value is 1.76. The van der Waals surface area contributed by atoms with Crippen LogP contribution in [-0.2, 0) is 21.7 Å². The molecule has 1 N–H and O–H groups in total. The van der Waals surface area contributed by atoms with Crippen LogP contribution in [-0.4, -0.2) is 13.1 Å². The first-order chi connectivity index (χ1) is 2.00. The first-order valence-electron chi connectivity index (χ1n) is 1.72. The van der Waals surface area contributed by atoms with E-state index in [1.807, 2.05) is 19.6 Å². The van der Waals surface area contributed by atoms with E-state index in [9.17, 15) is 0 Å². The summed E-state index contributed by atoms with van der Waals surface area (Å²) in [6.45, 7) is 5.65. The summed E-state index contributed by atoms with van der Waals surface area (Å²) < 4.78 is 0. The topological polar surface area (TPSA) is 20.2 Å². The van der Waals surface area contributed by atoms with Crippen LogP contribution in [0.2, 0.25) is 19.6 Å². The fourth-order valence-electron chi connectivity index (χ4n) is 0.